The van der Waals surface area contributed by atoms with E-state index in [1.54, 1.807) is 12.4 Å². The fourth-order valence-corrected chi connectivity index (χ4v) is 2.44. The van der Waals surface area contributed by atoms with E-state index in [1.807, 2.05) is 72.8 Å². The standard InChI is InChI=1S/C20H14N2O2/c1-2-8-17-15(7-1)13-16(23-19-9-3-5-11-21-19)14-18(17)24-20-10-4-6-12-22-20/h1-14H. The smallest absolute Gasteiger partial charge is 0.219 e. The van der Waals surface area contributed by atoms with Crippen LogP contribution < -0.4 is 9.47 Å². The van der Waals surface area contributed by atoms with Crippen LogP contribution in [0.3, 0.4) is 0 Å². The third-order valence-electron chi connectivity index (χ3n) is 3.51. The summed E-state index contributed by atoms with van der Waals surface area (Å²) in [5, 5.41) is 2.02. The molecule has 4 heteroatoms. The summed E-state index contributed by atoms with van der Waals surface area (Å²) in [4.78, 5) is 8.41. The lowest BCUT2D eigenvalue weighted by Gasteiger charge is -2.11. The Kier molecular flexibility index (Phi) is 3.78. The van der Waals surface area contributed by atoms with Gasteiger partial charge in [0.05, 0.1) is 0 Å². The Labute approximate surface area is 139 Å². The molecule has 2 aromatic carbocycles. The van der Waals surface area contributed by atoms with Crippen molar-refractivity contribution in [1.82, 2.24) is 9.97 Å². The molecule has 0 aliphatic rings. The Balaban J connectivity index is 1.76. The summed E-state index contributed by atoms with van der Waals surface area (Å²) >= 11 is 0. The number of nitrogens with zero attached hydrogens (tertiary/aromatic N) is 2. The monoisotopic (exact) mass is 314 g/mol. The molecule has 0 aliphatic carbocycles. The van der Waals surface area contributed by atoms with Crippen molar-refractivity contribution in [3.8, 4) is 23.3 Å². The average Bonchev–Trinajstić information content (AvgIpc) is 2.63. The Morgan fingerprint density at radius 1 is 0.625 bits per heavy atom. The first-order valence-corrected chi connectivity index (χ1v) is 7.59. The van der Waals surface area contributed by atoms with Crippen molar-refractivity contribution in [3.05, 3.63) is 85.2 Å². The highest BCUT2D eigenvalue weighted by Gasteiger charge is 2.09. The third kappa shape index (κ3) is 3.03. The molecule has 4 rings (SSSR count). The summed E-state index contributed by atoms with van der Waals surface area (Å²) in [6, 6.07) is 22.9. The molecule has 0 unspecified atom stereocenters. The van der Waals surface area contributed by atoms with Crippen LogP contribution in [0, 0.1) is 0 Å². The van der Waals surface area contributed by atoms with E-state index in [0.29, 0.717) is 23.3 Å². The van der Waals surface area contributed by atoms with Gasteiger partial charge in [-0.2, -0.15) is 0 Å². The Morgan fingerprint density at radius 3 is 2.00 bits per heavy atom. The van der Waals surface area contributed by atoms with Gasteiger partial charge in [0.2, 0.25) is 11.8 Å². The molecule has 24 heavy (non-hydrogen) atoms. The van der Waals surface area contributed by atoms with Crippen molar-refractivity contribution in [2.24, 2.45) is 0 Å². The maximum atomic E-state index is 5.96. The van der Waals surface area contributed by atoms with Crippen molar-refractivity contribution in [1.29, 1.82) is 0 Å². The Hall–Kier alpha value is -3.40. The molecule has 0 bridgehead atoms. The molecule has 0 N–H and O–H groups in total. The van der Waals surface area contributed by atoms with Gasteiger partial charge in [0, 0.05) is 36.0 Å². The molecule has 0 atom stereocenters. The predicted octanol–water partition coefficient (Wildman–Crippen LogP) is 5.21. The van der Waals surface area contributed by atoms with E-state index < -0.39 is 0 Å². The molecule has 0 aliphatic heterocycles. The van der Waals surface area contributed by atoms with E-state index in [1.165, 1.54) is 0 Å². The minimum Gasteiger partial charge on any atom is -0.439 e. The molecule has 0 fully saturated rings. The van der Waals surface area contributed by atoms with E-state index >= 15 is 0 Å². The number of aromatic nitrogens is 2. The van der Waals surface area contributed by atoms with Crippen molar-refractivity contribution >= 4 is 10.8 Å². The van der Waals surface area contributed by atoms with Crippen molar-refractivity contribution in [3.63, 3.8) is 0 Å². The van der Waals surface area contributed by atoms with Crippen LogP contribution in [0.15, 0.2) is 85.2 Å². The zero-order valence-electron chi connectivity index (χ0n) is 12.8. The lowest BCUT2D eigenvalue weighted by atomic mass is 10.1. The maximum Gasteiger partial charge on any atom is 0.219 e. The van der Waals surface area contributed by atoms with E-state index in [2.05, 4.69) is 9.97 Å². The highest BCUT2D eigenvalue weighted by atomic mass is 16.5. The minimum absolute atomic E-state index is 0.538. The van der Waals surface area contributed by atoms with Crippen molar-refractivity contribution in [2.45, 2.75) is 0 Å². The van der Waals surface area contributed by atoms with E-state index in [0.717, 1.165) is 10.8 Å². The van der Waals surface area contributed by atoms with Crippen LogP contribution in [-0.2, 0) is 0 Å². The highest BCUT2D eigenvalue weighted by Crippen LogP contribution is 2.35. The molecule has 0 amide bonds. The van der Waals surface area contributed by atoms with Gasteiger partial charge in [0.25, 0.3) is 0 Å². The average molecular weight is 314 g/mol. The Morgan fingerprint density at radius 2 is 1.29 bits per heavy atom. The molecular formula is C20H14N2O2. The van der Waals surface area contributed by atoms with E-state index in [4.69, 9.17) is 9.47 Å². The van der Waals surface area contributed by atoms with Gasteiger partial charge in [-0.15, -0.1) is 0 Å². The topological polar surface area (TPSA) is 44.2 Å². The quantitative estimate of drug-likeness (QED) is 0.518. The summed E-state index contributed by atoms with van der Waals surface area (Å²) in [5.74, 6) is 2.44. The minimum atomic E-state index is 0.538. The summed E-state index contributed by atoms with van der Waals surface area (Å²) in [6.45, 7) is 0. The normalized spacial score (nSPS) is 10.5. The molecule has 116 valence electrons. The second kappa shape index (κ2) is 6.38. The van der Waals surface area contributed by atoms with Crippen LogP contribution in [-0.4, -0.2) is 9.97 Å². The molecular weight excluding hydrogens is 300 g/mol. The number of rotatable bonds is 4. The second-order valence-electron chi connectivity index (χ2n) is 5.18. The molecule has 4 nitrogen and oxygen atoms in total. The van der Waals surface area contributed by atoms with Gasteiger partial charge in [0.1, 0.15) is 11.5 Å². The zero-order valence-corrected chi connectivity index (χ0v) is 12.8. The van der Waals surface area contributed by atoms with Crippen LogP contribution in [0.2, 0.25) is 0 Å². The van der Waals surface area contributed by atoms with Gasteiger partial charge >= 0.3 is 0 Å². The van der Waals surface area contributed by atoms with Crippen LogP contribution in [0.25, 0.3) is 10.8 Å². The SMILES string of the molecule is c1ccc(Oc2cc(Oc3ccccn3)c3ccccc3c2)nc1. The van der Waals surface area contributed by atoms with E-state index in [-0.39, 0.29) is 0 Å². The first kappa shape index (κ1) is 14.2. The van der Waals surface area contributed by atoms with Gasteiger partial charge in [0.15, 0.2) is 0 Å². The number of ether oxygens (including phenoxy) is 2. The number of benzene rings is 2. The molecule has 0 radical (unpaired) electrons. The zero-order chi connectivity index (χ0) is 16.2. The molecule has 2 aromatic heterocycles. The Bertz CT molecular complexity index is 957. The van der Waals surface area contributed by atoms with Gasteiger partial charge in [-0.05, 0) is 23.6 Å². The van der Waals surface area contributed by atoms with Crippen molar-refractivity contribution in [2.75, 3.05) is 0 Å². The maximum absolute atomic E-state index is 5.96. The second-order valence-corrected chi connectivity index (χ2v) is 5.18. The molecule has 2 heterocycles. The van der Waals surface area contributed by atoms with Crippen LogP contribution in [0.1, 0.15) is 0 Å². The van der Waals surface area contributed by atoms with Crippen molar-refractivity contribution < 1.29 is 9.47 Å². The van der Waals surface area contributed by atoms with Gasteiger partial charge < -0.3 is 9.47 Å². The summed E-state index contributed by atoms with van der Waals surface area (Å²) in [6.07, 6.45) is 3.40. The summed E-state index contributed by atoms with van der Waals surface area (Å²) < 4.78 is 11.8. The molecule has 0 saturated carbocycles. The van der Waals surface area contributed by atoms with Gasteiger partial charge in [-0.3, -0.25) is 0 Å². The number of hydrogen-bond acceptors (Lipinski definition) is 4. The van der Waals surface area contributed by atoms with Crippen LogP contribution in [0.5, 0.6) is 23.3 Å². The number of hydrogen-bond donors (Lipinski definition) is 0. The van der Waals surface area contributed by atoms with Gasteiger partial charge in [-0.1, -0.05) is 36.4 Å². The number of pyridine rings is 2. The predicted molar refractivity (Wildman–Crippen MR) is 92.6 cm³/mol. The first-order valence-electron chi connectivity index (χ1n) is 7.59. The molecule has 0 saturated heterocycles. The first-order chi connectivity index (χ1) is 11.9. The third-order valence-corrected chi connectivity index (χ3v) is 3.51. The fourth-order valence-electron chi connectivity index (χ4n) is 2.44. The van der Waals surface area contributed by atoms with E-state index in [9.17, 15) is 0 Å². The summed E-state index contributed by atoms with van der Waals surface area (Å²) in [5.41, 5.74) is 0. The lowest BCUT2D eigenvalue weighted by Crippen LogP contribution is -1.91. The largest absolute Gasteiger partial charge is 0.439 e. The van der Waals surface area contributed by atoms with Crippen LogP contribution in [0.4, 0.5) is 0 Å². The number of fused-ring (bicyclic) bond motifs is 1. The van der Waals surface area contributed by atoms with Gasteiger partial charge in [-0.25, -0.2) is 9.97 Å². The molecule has 0 spiro atoms. The molecule has 4 aromatic rings. The highest BCUT2D eigenvalue weighted by molar-refractivity contribution is 5.90. The van der Waals surface area contributed by atoms with Crippen LogP contribution >= 0.6 is 0 Å². The summed E-state index contributed by atoms with van der Waals surface area (Å²) in [7, 11) is 0. The fraction of sp³-hybridized carbons (Fsp3) is 0. The lowest BCUT2D eigenvalue weighted by molar-refractivity contribution is 0.446.